The summed E-state index contributed by atoms with van der Waals surface area (Å²) in [6.07, 6.45) is 4.82. The number of aromatic nitrogens is 1. The maximum Gasteiger partial charge on any atom is 0.0637 e. The maximum absolute atomic E-state index is 2.59. The number of anilines is 2. The van der Waals surface area contributed by atoms with Gasteiger partial charge in [0.25, 0.3) is 0 Å². The summed E-state index contributed by atoms with van der Waals surface area (Å²) in [7, 11) is 0. The Labute approximate surface area is 327 Å². The number of nitrogens with zero attached hydrogens (tertiary/aromatic N) is 2. The Morgan fingerprint density at radius 1 is 0.393 bits per heavy atom. The van der Waals surface area contributed by atoms with Crippen molar-refractivity contribution in [3.8, 4) is 50.2 Å². The summed E-state index contributed by atoms with van der Waals surface area (Å²) in [5.74, 6) is 0.172. The Balaban J connectivity index is 0.998. The van der Waals surface area contributed by atoms with Gasteiger partial charge >= 0.3 is 0 Å². The first-order valence-corrected chi connectivity index (χ1v) is 19.5. The maximum atomic E-state index is 2.59. The Morgan fingerprint density at radius 2 is 0.929 bits per heavy atom. The van der Waals surface area contributed by atoms with E-state index >= 15 is 0 Å². The molecule has 2 unspecified atom stereocenters. The van der Waals surface area contributed by atoms with Gasteiger partial charge in [-0.1, -0.05) is 176 Å². The highest BCUT2D eigenvalue weighted by atomic mass is 15.2. The molecule has 9 aromatic rings. The lowest BCUT2D eigenvalue weighted by Crippen LogP contribution is -2.31. The van der Waals surface area contributed by atoms with Crippen LogP contribution in [0.4, 0.5) is 11.4 Å². The van der Waals surface area contributed by atoms with Crippen LogP contribution in [0.3, 0.4) is 0 Å². The van der Waals surface area contributed by atoms with Crippen LogP contribution in [0.2, 0.25) is 0 Å². The van der Waals surface area contributed by atoms with Gasteiger partial charge in [-0.3, -0.25) is 0 Å². The van der Waals surface area contributed by atoms with Crippen molar-refractivity contribution >= 4 is 28.4 Å². The summed E-state index contributed by atoms with van der Waals surface area (Å²) >= 11 is 0. The van der Waals surface area contributed by atoms with E-state index in [0.717, 1.165) is 0 Å². The van der Waals surface area contributed by atoms with Gasteiger partial charge < -0.3 is 9.47 Å². The fraction of sp³-hybridized carbons (Fsp3) is 0.0370. The van der Waals surface area contributed by atoms with E-state index in [4.69, 9.17) is 0 Å². The van der Waals surface area contributed by atoms with Gasteiger partial charge in [-0.15, -0.1) is 0 Å². The lowest BCUT2D eigenvalue weighted by Gasteiger charge is -2.32. The van der Waals surface area contributed by atoms with E-state index in [1.807, 2.05) is 0 Å². The molecule has 0 N–H and O–H groups in total. The van der Waals surface area contributed by atoms with Crippen LogP contribution in [0.25, 0.3) is 67.2 Å². The zero-order valence-corrected chi connectivity index (χ0v) is 30.8. The normalized spacial score (nSPS) is 15.4. The van der Waals surface area contributed by atoms with Crippen molar-refractivity contribution < 1.29 is 0 Å². The summed E-state index contributed by atoms with van der Waals surface area (Å²) in [6.45, 7) is 0. The second-order valence-electron chi connectivity index (χ2n) is 14.9. The van der Waals surface area contributed by atoms with E-state index in [2.05, 4.69) is 228 Å². The van der Waals surface area contributed by atoms with E-state index in [1.165, 1.54) is 89.3 Å². The Kier molecular flexibility index (Phi) is 7.67. The molecule has 0 spiro atoms. The second kappa shape index (κ2) is 13.3. The molecule has 11 rings (SSSR count). The van der Waals surface area contributed by atoms with Crippen molar-refractivity contribution in [2.75, 3.05) is 4.90 Å². The standard InChI is InChI=1S/C54H38N2/c1-3-14-37(15-4-1)39-26-28-41(29-27-39)45-20-7-10-23-48(45)56-50-25-12-9-22-47(50)54-52(56)35-34-51-53(54)46-21-8-11-24-49(46)55(51)44-32-30-40(31-33-44)43-19-13-18-42(36-43)38-16-5-2-6-17-38/h1-36,52,54H. The smallest absolute Gasteiger partial charge is 0.0637 e. The third-order valence-corrected chi connectivity index (χ3v) is 11.8. The molecule has 0 saturated carbocycles. The predicted molar refractivity (Wildman–Crippen MR) is 235 cm³/mol. The lowest BCUT2D eigenvalue weighted by atomic mass is 9.82. The number of para-hydroxylation sites is 3. The fourth-order valence-corrected chi connectivity index (χ4v) is 9.23. The molecule has 2 aliphatic rings. The Bertz CT molecular complexity index is 2900. The first-order chi connectivity index (χ1) is 27.8. The minimum atomic E-state index is 0.128. The quantitative estimate of drug-likeness (QED) is 0.166. The monoisotopic (exact) mass is 714 g/mol. The summed E-state index contributed by atoms with van der Waals surface area (Å²) < 4.78 is 2.47. The summed E-state index contributed by atoms with van der Waals surface area (Å²) in [5, 5.41) is 1.31. The third kappa shape index (κ3) is 5.26. The van der Waals surface area contributed by atoms with Crippen LogP contribution in [0.5, 0.6) is 0 Å². The zero-order chi connectivity index (χ0) is 37.0. The van der Waals surface area contributed by atoms with Crippen molar-refractivity contribution in [1.82, 2.24) is 4.57 Å². The van der Waals surface area contributed by atoms with Gasteiger partial charge in [0.2, 0.25) is 0 Å². The molecule has 56 heavy (non-hydrogen) atoms. The Morgan fingerprint density at radius 3 is 1.68 bits per heavy atom. The van der Waals surface area contributed by atoms with Gasteiger partial charge in [0.05, 0.1) is 17.3 Å². The molecular formula is C54H38N2. The van der Waals surface area contributed by atoms with Crippen molar-refractivity contribution in [3.63, 3.8) is 0 Å². The van der Waals surface area contributed by atoms with Gasteiger partial charge in [-0.05, 0) is 92.5 Å². The van der Waals surface area contributed by atoms with Crippen molar-refractivity contribution in [2.45, 2.75) is 12.0 Å². The highest BCUT2D eigenvalue weighted by Crippen LogP contribution is 2.55. The largest absolute Gasteiger partial charge is 0.333 e. The molecule has 2 heterocycles. The van der Waals surface area contributed by atoms with Crippen LogP contribution in [-0.2, 0) is 0 Å². The van der Waals surface area contributed by atoms with Crippen LogP contribution in [-0.4, -0.2) is 10.6 Å². The molecule has 2 nitrogen and oxygen atoms in total. The number of fused-ring (bicyclic) bond motifs is 7. The van der Waals surface area contributed by atoms with Crippen LogP contribution in [0, 0.1) is 0 Å². The van der Waals surface area contributed by atoms with Gasteiger partial charge in [-0.25, -0.2) is 0 Å². The van der Waals surface area contributed by atoms with E-state index in [9.17, 15) is 0 Å². The minimum absolute atomic E-state index is 0.128. The second-order valence-corrected chi connectivity index (χ2v) is 14.9. The van der Waals surface area contributed by atoms with Crippen LogP contribution in [0.1, 0.15) is 22.7 Å². The average molecular weight is 715 g/mol. The van der Waals surface area contributed by atoms with Crippen LogP contribution >= 0.6 is 0 Å². The summed E-state index contributed by atoms with van der Waals surface area (Å²) in [5.41, 5.74) is 18.7. The third-order valence-electron chi connectivity index (χ3n) is 11.8. The predicted octanol–water partition coefficient (Wildman–Crippen LogP) is 14.0. The zero-order valence-electron chi connectivity index (χ0n) is 30.8. The minimum Gasteiger partial charge on any atom is -0.333 e. The van der Waals surface area contributed by atoms with Gasteiger partial charge in [0.15, 0.2) is 0 Å². The Hall–Kier alpha value is -7.16. The van der Waals surface area contributed by atoms with Crippen LogP contribution < -0.4 is 4.90 Å². The van der Waals surface area contributed by atoms with E-state index < -0.39 is 0 Å². The van der Waals surface area contributed by atoms with Crippen molar-refractivity contribution in [3.05, 3.63) is 229 Å². The molecule has 1 aliphatic carbocycles. The van der Waals surface area contributed by atoms with E-state index in [0.29, 0.717) is 0 Å². The number of hydrogen-bond acceptors (Lipinski definition) is 1. The molecule has 2 atom stereocenters. The summed E-state index contributed by atoms with van der Waals surface area (Å²) in [4.78, 5) is 2.59. The molecule has 1 aliphatic heterocycles. The van der Waals surface area contributed by atoms with E-state index in [-0.39, 0.29) is 12.0 Å². The summed E-state index contributed by atoms with van der Waals surface area (Å²) in [6, 6.07) is 75.3. The highest BCUT2D eigenvalue weighted by Gasteiger charge is 2.43. The number of hydrogen-bond donors (Lipinski definition) is 0. The topological polar surface area (TPSA) is 8.17 Å². The van der Waals surface area contributed by atoms with Crippen molar-refractivity contribution in [1.29, 1.82) is 0 Å². The van der Waals surface area contributed by atoms with Crippen molar-refractivity contribution in [2.24, 2.45) is 0 Å². The molecule has 8 aromatic carbocycles. The van der Waals surface area contributed by atoms with Gasteiger partial charge in [0.1, 0.15) is 0 Å². The molecule has 1 aromatic heterocycles. The fourth-order valence-electron chi connectivity index (χ4n) is 9.23. The molecule has 0 fully saturated rings. The van der Waals surface area contributed by atoms with Crippen LogP contribution in [0.15, 0.2) is 212 Å². The van der Waals surface area contributed by atoms with Gasteiger partial charge in [0, 0.05) is 33.9 Å². The molecule has 264 valence electrons. The molecule has 0 bridgehead atoms. The SMILES string of the molecule is C1=CC2C(c3ccccc3N2c2ccccc2-c2ccc(-c3ccccc3)cc2)c2c1n(-c1ccc(-c3cccc(-c4ccccc4)c3)cc1)c1ccccc21. The number of rotatable bonds is 6. The first kappa shape index (κ1) is 32.3. The molecule has 0 radical (unpaired) electrons. The molecule has 0 amide bonds. The van der Waals surface area contributed by atoms with Gasteiger partial charge in [-0.2, -0.15) is 0 Å². The number of benzene rings is 8. The molecule has 0 saturated heterocycles. The lowest BCUT2D eigenvalue weighted by molar-refractivity contribution is 0.726. The van der Waals surface area contributed by atoms with E-state index in [1.54, 1.807) is 0 Å². The molecular weight excluding hydrogens is 677 g/mol. The average Bonchev–Trinajstić information content (AvgIpc) is 3.80. The first-order valence-electron chi connectivity index (χ1n) is 19.5. The molecule has 2 heteroatoms. The highest BCUT2D eigenvalue weighted by molar-refractivity contribution is 5.95.